The van der Waals surface area contributed by atoms with Gasteiger partial charge in [0, 0.05) is 17.2 Å². The molecular weight excluding hydrogens is 332 g/mol. The van der Waals surface area contributed by atoms with Gasteiger partial charge in [0.25, 0.3) is 0 Å². The number of amides is 1. The number of carbonyl (C=O) groups is 2. The summed E-state index contributed by atoms with van der Waals surface area (Å²) < 4.78 is 5.19. The van der Waals surface area contributed by atoms with Crippen LogP contribution >= 0.6 is 23.1 Å². The van der Waals surface area contributed by atoms with Crippen LogP contribution < -0.4 is 11.1 Å². The van der Waals surface area contributed by atoms with Crippen LogP contribution in [-0.2, 0) is 22.4 Å². The molecule has 0 saturated heterocycles. The van der Waals surface area contributed by atoms with Gasteiger partial charge in [-0.05, 0) is 37.7 Å². The normalized spacial score (nSPS) is 16.7. The van der Waals surface area contributed by atoms with Crippen LogP contribution in [0, 0.1) is 5.92 Å². The Kier molecular flexibility index (Phi) is 6.92. The molecular formula is C16H24N2O3S2. The van der Waals surface area contributed by atoms with E-state index in [9.17, 15) is 9.59 Å². The van der Waals surface area contributed by atoms with Crippen molar-refractivity contribution in [2.45, 2.75) is 33.1 Å². The smallest absolute Gasteiger partial charge is 0.341 e. The second-order valence-electron chi connectivity index (χ2n) is 5.67. The van der Waals surface area contributed by atoms with Gasteiger partial charge in [-0.1, -0.05) is 6.92 Å². The zero-order chi connectivity index (χ0) is 16.8. The number of ether oxygens (including phenoxy) is 1. The summed E-state index contributed by atoms with van der Waals surface area (Å²) in [7, 11) is 0. The maximum atomic E-state index is 12.3. The van der Waals surface area contributed by atoms with E-state index < -0.39 is 0 Å². The van der Waals surface area contributed by atoms with Crippen LogP contribution in [-0.4, -0.2) is 36.5 Å². The second kappa shape index (κ2) is 8.70. The molecule has 2 rings (SSSR count). The molecule has 1 amide bonds. The van der Waals surface area contributed by atoms with E-state index in [0.29, 0.717) is 35.4 Å². The van der Waals surface area contributed by atoms with E-state index in [4.69, 9.17) is 10.5 Å². The number of nitrogens with two attached hydrogens (primary N) is 1. The molecule has 1 aromatic rings. The summed E-state index contributed by atoms with van der Waals surface area (Å²) in [5, 5.41) is 3.54. The number of hydrogen-bond donors (Lipinski definition) is 2. The van der Waals surface area contributed by atoms with Gasteiger partial charge in [0.2, 0.25) is 5.91 Å². The number of thiophene rings is 1. The van der Waals surface area contributed by atoms with Gasteiger partial charge in [0.1, 0.15) is 5.00 Å². The van der Waals surface area contributed by atoms with Crippen LogP contribution in [0.1, 0.15) is 41.1 Å². The van der Waals surface area contributed by atoms with Crippen molar-refractivity contribution in [2.24, 2.45) is 11.7 Å². The van der Waals surface area contributed by atoms with Crippen molar-refractivity contribution in [1.82, 2.24) is 0 Å². The zero-order valence-corrected chi connectivity index (χ0v) is 15.3. The molecule has 0 bridgehead atoms. The molecule has 1 unspecified atom stereocenters. The summed E-state index contributed by atoms with van der Waals surface area (Å²) in [6.07, 6.45) is 2.90. The Morgan fingerprint density at radius 2 is 2.26 bits per heavy atom. The average molecular weight is 357 g/mol. The maximum Gasteiger partial charge on any atom is 0.341 e. The largest absolute Gasteiger partial charge is 0.462 e. The van der Waals surface area contributed by atoms with E-state index in [1.54, 1.807) is 6.92 Å². The topological polar surface area (TPSA) is 81.4 Å². The first-order valence-electron chi connectivity index (χ1n) is 7.96. The maximum absolute atomic E-state index is 12.3. The Morgan fingerprint density at radius 3 is 2.96 bits per heavy atom. The summed E-state index contributed by atoms with van der Waals surface area (Å²) in [6, 6.07) is 0. The van der Waals surface area contributed by atoms with Gasteiger partial charge in [0.05, 0.1) is 17.9 Å². The molecule has 5 nitrogen and oxygen atoms in total. The van der Waals surface area contributed by atoms with E-state index in [0.717, 1.165) is 30.6 Å². The predicted molar refractivity (Wildman–Crippen MR) is 96.5 cm³/mol. The zero-order valence-electron chi connectivity index (χ0n) is 13.6. The molecule has 7 heteroatoms. The quantitative estimate of drug-likeness (QED) is 0.580. The summed E-state index contributed by atoms with van der Waals surface area (Å²) in [5.74, 6) is 1.28. The molecule has 0 saturated carbocycles. The van der Waals surface area contributed by atoms with E-state index in [2.05, 4.69) is 12.2 Å². The standard InChI is InChI=1S/C16H24N2O3S2/c1-3-21-16(20)14-11-5-4-10(2)8-12(11)23-15(14)18-13(19)9-22-7-6-17/h10H,3-9,17H2,1-2H3,(H,18,19). The Bertz CT molecular complexity index is 572. The lowest BCUT2D eigenvalue weighted by molar-refractivity contribution is -0.113. The first-order valence-corrected chi connectivity index (χ1v) is 9.93. The highest BCUT2D eigenvalue weighted by molar-refractivity contribution is 7.99. The summed E-state index contributed by atoms with van der Waals surface area (Å²) in [6.45, 7) is 4.89. The summed E-state index contributed by atoms with van der Waals surface area (Å²) in [5.41, 5.74) is 7.06. The number of fused-ring (bicyclic) bond motifs is 1. The molecule has 23 heavy (non-hydrogen) atoms. The second-order valence-corrected chi connectivity index (χ2v) is 7.88. The molecule has 1 aliphatic carbocycles. The van der Waals surface area contributed by atoms with Crippen LogP contribution in [0.4, 0.5) is 5.00 Å². The van der Waals surface area contributed by atoms with Crippen molar-refractivity contribution < 1.29 is 14.3 Å². The number of carbonyl (C=O) groups excluding carboxylic acids is 2. The fourth-order valence-corrected chi connectivity index (χ4v) is 4.65. The van der Waals surface area contributed by atoms with Gasteiger partial charge < -0.3 is 15.8 Å². The van der Waals surface area contributed by atoms with Crippen LogP contribution in [0.3, 0.4) is 0 Å². The van der Waals surface area contributed by atoms with Gasteiger partial charge in [-0.25, -0.2) is 4.79 Å². The van der Waals surface area contributed by atoms with Gasteiger partial charge in [-0.2, -0.15) is 11.8 Å². The summed E-state index contributed by atoms with van der Waals surface area (Å²) in [4.78, 5) is 25.6. The Balaban J connectivity index is 2.20. The highest BCUT2D eigenvalue weighted by atomic mass is 32.2. The first-order chi connectivity index (χ1) is 11.1. The minimum Gasteiger partial charge on any atom is -0.462 e. The molecule has 0 spiro atoms. The van der Waals surface area contributed by atoms with Crippen molar-refractivity contribution in [1.29, 1.82) is 0 Å². The molecule has 1 aromatic heterocycles. The molecule has 0 radical (unpaired) electrons. The lowest BCUT2D eigenvalue weighted by atomic mass is 9.88. The van der Waals surface area contributed by atoms with E-state index >= 15 is 0 Å². The third kappa shape index (κ3) is 4.71. The van der Waals surface area contributed by atoms with Gasteiger partial charge >= 0.3 is 5.97 Å². The third-order valence-electron chi connectivity index (χ3n) is 3.74. The molecule has 3 N–H and O–H groups in total. The predicted octanol–water partition coefficient (Wildman–Crippen LogP) is 2.68. The number of esters is 1. The molecule has 0 aliphatic heterocycles. The molecule has 128 valence electrons. The Morgan fingerprint density at radius 1 is 1.48 bits per heavy atom. The molecule has 1 aliphatic rings. The fourth-order valence-electron chi connectivity index (χ4n) is 2.67. The van der Waals surface area contributed by atoms with Crippen LogP contribution in [0.5, 0.6) is 0 Å². The SMILES string of the molecule is CCOC(=O)c1c(NC(=O)CSCCN)sc2c1CCC(C)C2. The Hall–Kier alpha value is -1.05. The lowest BCUT2D eigenvalue weighted by Gasteiger charge is -2.18. The van der Waals surface area contributed by atoms with E-state index in [1.807, 2.05) is 0 Å². The van der Waals surface area contributed by atoms with Gasteiger partial charge in [0.15, 0.2) is 0 Å². The van der Waals surface area contributed by atoms with Gasteiger partial charge in [-0.3, -0.25) is 4.79 Å². The third-order valence-corrected chi connectivity index (χ3v) is 5.90. The summed E-state index contributed by atoms with van der Waals surface area (Å²) >= 11 is 3.01. The number of anilines is 1. The molecule has 0 fully saturated rings. The van der Waals surface area contributed by atoms with E-state index in [1.165, 1.54) is 28.0 Å². The monoisotopic (exact) mass is 356 g/mol. The van der Waals surface area contributed by atoms with Crippen molar-refractivity contribution >= 4 is 40.0 Å². The first kappa shape index (κ1) is 18.3. The molecule has 1 heterocycles. The number of thioether (sulfide) groups is 1. The Labute approximate surface area is 145 Å². The molecule has 1 atom stereocenters. The van der Waals surface area contributed by atoms with E-state index in [-0.39, 0.29) is 11.9 Å². The number of nitrogens with one attached hydrogen (secondary N) is 1. The lowest BCUT2D eigenvalue weighted by Crippen LogP contribution is -2.18. The number of rotatable bonds is 7. The van der Waals surface area contributed by atoms with Crippen molar-refractivity contribution in [2.75, 3.05) is 30.0 Å². The van der Waals surface area contributed by atoms with Gasteiger partial charge in [-0.15, -0.1) is 11.3 Å². The van der Waals surface area contributed by atoms with Crippen molar-refractivity contribution in [3.8, 4) is 0 Å². The average Bonchev–Trinajstić information content (AvgIpc) is 2.84. The molecule has 0 aromatic carbocycles. The fraction of sp³-hybridized carbons (Fsp3) is 0.625. The van der Waals surface area contributed by atoms with Crippen LogP contribution in [0.2, 0.25) is 0 Å². The van der Waals surface area contributed by atoms with Crippen LogP contribution in [0.25, 0.3) is 0 Å². The highest BCUT2D eigenvalue weighted by Gasteiger charge is 2.29. The van der Waals surface area contributed by atoms with Crippen LogP contribution in [0.15, 0.2) is 0 Å². The van der Waals surface area contributed by atoms with Crippen molar-refractivity contribution in [3.05, 3.63) is 16.0 Å². The highest BCUT2D eigenvalue weighted by Crippen LogP contribution is 2.40. The number of hydrogen-bond acceptors (Lipinski definition) is 6. The van der Waals surface area contributed by atoms with Crippen molar-refractivity contribution in [3.63, 3.8) is 0 Å². The minimum atomic E-state index is -0.329. The minimum absolute atomic E-state index is 0.0966.